The van der Waals surface area contributed by atoms with Crippen LogP contribution < -0.4 is 39.7 Å². The second kappa shape index (κ2) is 20.5. The monoisotopic (exact) mass is 925 g/mol. The number of rotatable bonds is 14. The first-order valence-electron chi connectivity index (χ1n) is 21.7. The average Bonchev–Trinajstić information content (AvgIpc) is 3.90. The summed E-state index contributed by atoms with van der Waals surface area (Å²) in [4.78, 5) is 18.5. The minimum atomic E-state index is -1.67. The lowest BCUT2D eigenvalue weighted by atomic mass is 9.84. The quantitative estimate of drug-likeness (QED) is 0.0561. The maximum atomic E-state index is 13.7. The second-order valence-electron chi connectivity index (χ2n) is 17.1. The zero-order valence-electron chi connectivity index (χ0n) is 35.7. The van der Waals surface area contributed by atoms with Crippen LogP contribution in [0.5, 0.6) is 0 Å². The first kappa shape index (κ1) is 48.2. The molecule has 24 heteroatoms. The molecule has 4 fully saturated rings. The maximum absolute atomic E-state index is 13.7. The number of nitrogens with zero attached hydrogens (tertiary/aromatic N) is 4. The van der Waals surface area contributed by atoms with Crippen molar-refractivity contribution in [3.05, 3.63) is 78.1 Å². The number of aromatic nitrogens is 4. The summed E-state index contributed by atoms with van der Waals surface area (Å²) in [6, 6.07) is 14.1. The molecule has 19 N–H and O–H groups in total. The Morgan fingerprint density at radius 3 is 1.94 bits per heavy atom. The van der Waals surface area contributed by atoms with E-state index in [1.807, 2.05) is 54.6 Å². The van der Waals surface area contributed by atoms with Crippen molar-refractivity contribution >= 4 is 16.8 Å². The first-order chi connectivity index (χ1) is 31.7. The fraction of sp³-hybridized carbons (Fsp3) is 0.571. The Hall–Kier alpha value is -4.26. The summed E-state index contributed by atoms with van der Waals surface area (Å²) >= 11 is 0. The van der Waals surface area contributed by atoms with E-state index in [1.165, 1.54) is 4.68 Å². The summed E-state index contributed by atoms with van der Waals surface area (Å²) in [5.74, 6) is -0.375. The number of ether oxygens (including phenoxy) is 6. The number of carbonyl (C=O) groups is 1. The summed E-state index contributed by atoms with van der Waals surface area (Å²) in [6.07, 6.45) is -19.0. The van der Waals surface area contributed by atoms with Gasteiger partial charge < -0.3 is 98.8 Å². The molecule has 4 aromatic rings. The van der Waals surface area contributed by atoms with Gasteiger partial charge in [-0.3, -0.25) is 4.79 Å². The van der Waals surface area contributed by atoms with Crippen molar-refractivity contribution in [1.82, 2.24) is 25.3 Å². The average molecular weight is 926 g/mol. The number of pyridine rings is 1. The Kier molecular flexibility index (Phi) is 15.0. The van der Waals surface area contributed by atoms with Crippen molar-refractivity contribution < 1.29 is 63.9 Å². The minimum Gasteiger partial charge on any atom is -0.389 e. The van der Waals surface area contributed by atoms with Crippen molar-refractivity contribution in [2.45, 2.75) is 136 Å². The predicted octanol–water partition coefficient (Wildman–Crippen LogP) is -5.45. The number of hydrogen-bond acceptors (Lipinski definition) is 22. The van der Waals surface area contributed by atoms with Crippen LogP contribution in [0.1, 0.15) is 22.5 Å². The molecule has 19 atom stereocenters. The number of para-hydroxylation sites is 1. The summed E-state index contributed by atoms with van der Waals surface area (Å²) in [6.45, 7) is -0.565. The lowest BCUT2D eigenvalue weighted by Crippen LogP contribution is -2.68. The Bertz CT molecular complexity index is 2250. The number of fused-ring (bicyclic) bond motifs is 1. The molecule has 2 aromatic heterocycles. The first-order valence-corrected chi connectivity index (χ1v) is 21.7. The molecule has 8 rings (SSSR count). The highest BCUT2D eigenvalue weighted by atomic mass is 16.8. The van der Waals surface area contributed by atoms with Gasteiger partial charge in [-0.15, -0.1) is 5.10 Å². The SMILES string of the molecule is NC[C@@H]1O[C@H](O[C@H]2[C@@H](O)[C@H](O[C@@H]3[C@@H](O)[C@H](N)C[C@H](N)[C@H]3O[C@H]3O[C@H](CN)[C@@H](O)[C@H](O)[C@H]3N)O[C@@H]2Cn2cc(CNC(=O)c3cc(-c4ccccc4)nc4ccccc34)nn2)[C@H](N)[C@@H](O)[C@@H]1O. The number of hydrogen-bond donors (Lipinski definition) is 13. The van der Waals surface area contributed by atoms with E-state index in [0.29, 0.717) is 27.9 Å². The standard InChI is InChI=1S/C42H59N11O13/c43-12-25-31(55)33(57)28(47)40(61-25)64-36-22(46)11-21(45)30(54)38(36)66-42-35(59)37(65-41-29(48)34(58)32(56)26(13-44)62-41)27(63-42)16-53-15-18(51-52-53)14-49-39(60)20-10-24(17-6-2-1-3-7-17)50-23-9-5-4-8-19(20)23/h1-10,15,21-22,25-38,40-42,54-59H,11-14,16,43-48H2,(H,49,60)/t21-,22+,25-,26+,27-,28-,29-,30+,31-,32-,33-,34-,35-,36-,37-,38-,40-,41-,42+/m1/s1. The van der Waals surface area contributed by atoms with E-state index in [9.17, 15) is 35.4 Å². The van der Waals surface area contributed by atoms with E-state index in [4.69, 9.17) is 67.8 Å². The number of amides is 1. The third-order valence-electron chi connectivity index (χ3n) is 12.6. The van der Waals surface area contributed by atoms with Gasteiger partial charge in [-0.05, 0) is 18.6 Å². The fourth-order valence-electron chi connectivity index (χ4n) is 8.82. The molecule has 3 saturated heterocycles. The molecule has 0 unspecified atom stereocenters. The molecule has 5 heterocycles. The normalized spacial score (nSPS) is 38.4. The van der Waals surface area contributed by atoms with Crippen LogP contribution in [-0.2, 0) is 41.5 Å². The van der Waals surface area contributed by atoms with E-state index < -0.39 is 116 Å². The van der Waals surface area contributed by atoms with Crippen molar-refractivity contribution in [3.63, 3.8) is 0 Å². The van der Waals surface area contributed by atoms with E-state index >= 15 is 0 Å². The fourth-order valence-corrected chi connectivity index (χ4v) is 8.82. The maximum Gasteiger partial charge on any atom is 0.252 e. The van der Waals surface area contributed by atoms with Crippen LogP contribution >= 0.6 is 0 Å². The van der Waals surface area contributed by atoms with Crippen molar-refractivity contribution in [2.24, 2.45) is 34.4 Å². The number of aliphatic hydroxyl groups is 6. The van der Waals surface area contributed by atoms with Gasteiger partial charge in [0.15, 0.2) is 18.9 Å². The van der Waals surface area contributed by atoms with Gasteiger partial charge in [0.2, 0.25) is 0 Å². The zero-order chi connectivity index (χ0) is 47.0. The molecule has 66 heavy (non-hydrogen) atoms. The van der Waals surface area contributed by atoms with Crippen molar-refractivity contribution in [1.29, 1.82) is 0 Å². The number of benzene rings is 2. The molecule has 2 aromatic carbocycles. The molecule has 0 spiro atoms. The zero-order valence-corrected chi connectivity index (χ0v) is 35.7. The largest absolute Gasteiger partial charge is 0.389 e. The lowest BCUT2D eigenvalue weighted by Gasteiger charge is -2.47. The molecular weight excluding hydrogens is 867 g/mol. The Morgan fingerprint density at radius 2 is 1.29 bits per heavy atom. The van der Waals surface area contributed by atoms with Gasteiger partial charge in [0, 0.05) is 36.1 Å². The highest BCUT2D eigenvalue weighted by molar-refractivity contribution is 6.07. The van der Waals surface area contributed by atoms with E-state index in [1.54, 1.807) is 12.3 Å². The topological polar surface area (TPSA) is 406 Å². The third-order valence-corrected chi connectivity index (χ3v) is 12.6. The van der Waals surface area contributed by atoms with Crippen LogP contribution in [0.25, 0.3) is 22.2 Å². The van der Waals surface area contributed by atoms with Gasteiger partial charge in [0.25, 0.3) is 5.91 Å². The van der Waals surface area contributed by atoms with Crippen LogP contribution in [0, 0.1) is 0 Å². The van der Waals surface area contributed by atoms with E-state index in [-0.39, 0.29) is 38.5 Å². The minimum absolute atomic E-state index is 0.0285. The summed E-state index contributed by atoms with van der Waals surface area (Å²) in [7, 11) is 0. The van der Waals surface area contributed by atoms with Gasteiger partial charge in [-0.2, -0.15) is 0 Å². The highest BCUT2D eigenvalue weighted by Gasteiger charge is 2.54. The second-order valence-corrected chi connectivity index (χ2v) is 17.1. The lowest BCUT2D eigenvalue weighted by molar-refractivity contribution is -0.306. The van der Waals surface area contributed by atoms with Crippen LogP contribution in [0.15, 0.2) is 66.9 Å². The van der Waals surface area contributed by atoms with Crippen LogP contribution in [-0.4, -0.2) is 186 Å². The number of aliphatic hydroxyl groups excluding tert-OH is 6. The Morgan fingerprint density at radius 1 is 0.697 bits per heavy atom. The molecule has 1 amide bonds. The molecular formula is C42H59N11O13. The number of carbonyl (C=O) groups excluding carboxylic acids is 1. The van der Waals surface area contributed by atoms with Gasteiger partial charge in [0.1, 0.15) is 72.8 Å². The van der Waals surface area contributed by atoms with Gasteiger partial charge in [0.05, 0.1) is 54.2 Å². The van der Waals surface area contributed by atoms with Gasteiger partial charge in [-0.25, -0.2) is 9.67 Å². The summed E-state index contributed by atoms with van der Waals surface area (Å²) < 4.78 is 38.0. The molecule has 3 aliphatic heterocycles. The number of nitrogens with two attached hydrogens (primary N) is 6. The smallest absolute Gasteiger partial charge is 0.252 e. The van der Waals surface area contributed by atoms with Crippen molar-refractivity contribution in [3.8, 4) is 11.3 Å². The molecule has 1 aliphatic carbocycles. The third kappa shape index (κ3) is 9.84. The Balaban J connectivity index is 1.01. The highest BCUT2D eigenvalue weighted by Crippen LogP contribution is 2.35. The molecule has 1 saturated carbocycles. The molecule has 24 nitrogen and oxygen atoms in total. The summed E-state index contributed by atoms with van der Waals surface area (Å²) in [5.41, 5.74) is 39.7. The molecule has 360 valence electrons. The van der Waals surface area contributed by atoms with Crippen LogP contribution in [0.4, 0.5) is 0 Å². The van der Waals surface area contributed by atoms with Gasteiger partial charge >= 0.3 is 0 Å². The van der Waals surface area contributed by atoms with Crippen LogP contribution in [0.2, 0.25) is 0 Å². The molecule has 0 bridgehead atoms. The Labute approximate surface area is 378 Å². The molecule has 0 radical (unpaired) electrons. The van der Waals surface area contributed by atoms with Crippen molar-refractivity contribution in [2.75, 3.05) is 13.1 Å². The van der Waals surface area contributed by atoms with E-state index in [2.05, 4.69) is 15.6 Å². The predicted molar refractivity (Wildman–Crippen MR) is 230 cm³/mol. The number of nitrogens with one attached hydrogen (secondary N) is 1. The van der Waals surface area contributed by atoms with Crippen LogP contribution in [0.3, 0.4) is 0 Å². The van der Waals surface area contributed by atoms with Gasteiger partial charge in [-0.1, -0.05) is 53.7 Å². The van der Waals surface area contributed by atoms with E-state index in [0.717, 1.165) is 5.56 Å². The summed E-state index contributed by atoms with van der Waals surface area (Å²) in [5, 5.41) is 77.6. The molecule has 4 aliphatic rings.